The van der Waals surface area contributed by atoms with E-state index in [0.29, 0.717) is 41.0 Å². The first-order chi connectivity index (χ1) is 26.3. The fourth-order valence-electron chi connectivity index (χ4n) is 7.84. The molecule has 0 radical (unpaired) electrons. The van der Waals surface area contributed by atoms with Crippen LogP contribution >= 0.6 is 34.2 Å². The highest BCUT2D eigenvalue weighted by molar-refractivity contribution is 14.1. The summed E-state index contributed by atoms with van der Waals surface area (Å²) in [6.45, 7) is 4.37. The Bertz CT molecular complexity index is 2210. The van der Waals surface area contributed by atoms with Gasteiger partial charge < -0.3 is 14.4 Å². The van der Waals surface area contributed by atoms with E-state index in [-0.39, 0.29) is 17.4 Å². The molecule has 10 heteroatoms. The van der Waals surface area contributed by atoms with Gasteiger partial charge in [-0.25, -0.2) is 9.69 Å². The van der Waals surface area contributed by atoms with Gasteiger partial charge in [0.15, 0.2) is 11.5 Å². The molecular weight excluding hydrogens is 813 g/mol. The average Bonchev–Trinajstić information content (AvgIpc) is 3.18. The topological polar surface area (TPSA) is 88.2 Å². The van der Waals surface area contributed by atoms with Crippen molar-refractivity contribution in [3.8, 4) is 11.5 Å². The molecule has 0 unspecified atom stereocenters. The standard InChI is InChI=1S/C44H37ClIN3O5/c1-2-53-39-23-28(22-38(46)41(39)54-26-27-13-15-31(45)16-14-27)21-37-42(50)47-44(52)49(43(37)51)32-24-35-33(29-9-5-3-6-10-29)17-19-48-20-18-34(36(25-32)40(35)48)30-11-7-4-8-12-30/h3-16,21-25,33-34H,2,17-20,26H2,1H3,(H,47,50,52)/b37-21+/t33-,34-/m0/s1. The van der Waals surface area contributed by atoms with Gasteiger partial charge in [0.05, 0.1) is 15.9 Å². The van der Waals surface area contributed by atoms with E-state index in [2.05, 4.69) is 57.1 Å². The van der Waals surface area contributed by atoms with Gasteiger partial charge in [0.2, 0.25) is 0 Å². The average molecular weight is 850 g/mol. The number of nitrogens with one attached hydrogen (secondary N) is 1. The molecule has 0 spiro atoms. The molecule has 8 nitrogen and oxygen atoms in total. The van der Waals surface area contributed by atoms with E-state index in [0.717, 1.165) is 51.1 Å². The highest BCUT2D eigenvalue weighted by Crippen LogP contribution is 2.50. The third-order valence-corrected chi connectivity index (χ3v) is 11.4. The number of urea groups is 1. The monoisotopic (exact) mass is 849 g/mol. The molecule has 5 aromatic rings. The van der Waals surface area contributed by atoms with Gasteiger partial charge in [-0.1, -0.05) is 84.4 Å². The summed E-state index contributed by atoms with van der Waals surface area (Å²) in [5.41, 5.74) is 7.47. The molecule has 54 heavy (non-hydrogen) atoms. The first-order valence-corrected chi connectivity index (χ1v) is 19.5. The molecule has 4 amide bonds. The van der Waals surface area contributed by atoms with Crippen LogP contribution in [0.1, 0.15) is 65.0 Å². The summed E-state index contributed by atoms with van der Waals surface area (Å²) in [7, 11) is 0. The molecule has 3 aliphatic heterocycles. The van der Waals surface area contributed by atoms with E-state index in [1.54, 1.807) is 6.07 Å². The van der Waals surface area contributed by atoms with Gasteiger partial charge in [0, 0.05) is 35.6 Å². The number of rotatable bonds is 9. The van der Waals surface area contributed by atoms with Crippen LogP contribution in [0.25, 0.3) is 6.08 Å². The molecule has 1 fully saturated rings. The van der Waals surface area contributed by atoms with Crippen molar-refractivity contribution in [1.82, 2.24) is 5.32 Å². The number of amides is 4. The minimum atomic E-state index is -0.777. The number of benzene rings is 5. The van der Waals surface area contributed by atoms with Crippen LogP contribution in [0.15, 0.2) is 115 Å². The normalized spacial score (nSPS) is 18.7. The lowest BCUT2D eigenvalue weighted by molar-refractivity contribution is -0.122. The number of ether oxygens (including phenoxy) is 2. The van der Waals surface area contributed by atoms with Crippen LogP contribution in [0.5, 0.6) is 11.5 Å². The Kier molecular flexibility index (Phi) is 10.2. The van der Waals surface area contributed by atoms with Crippen molar-refractivity contribution >= 4 is 69.5 Å². The Hall–Kier alpha value is -5.13. The van der Waals surface area contributed by atoms with Crippen LogP contribution < -0.4 is 24.6 Å². The summed E-state index contributed by atoms with van der Waals surface area (Å²) >= 11 is 8.21. The van der Waals surface area contributed by atoms with Crippen LogP contribution in [-0.4, -0.2) is 37.5 Å². The molecule has 0 aromatic heterocycles. The molecule has 5 aromatic carbocycles. The summed E-state index contributed by atoms with van der Waals surface area (Å²) in [4.78, 5) is 45.1. The van der Waals surface area contributed by atoms with E-state index < -0.39 is 17.8 Å². The van der Waals surface area contributed by atoms with Crippen molar-refractivity contribution in [1.29, 1.82) is 0 Å². The summed E-state index contributed by atoms with van der Waals surface area (Å²) < 4.78 is 12.9. The molecule has 0 saturated carbocycles. The lowest BCUT2D eigenvalue weighted by atomic mass is 9.76. The lowest BCUT2D eigenvalue weighted by Crippen LogP contribution is -2.54. The van der Waals surface area contributed by atoms with Crippen LogP contribution in [0.2, 0.25) is 5.02 Å². The smallest absolute Gasteiger partial charge is 0.335 e. The number of anilines is 2. The molecule has 3 heterocycles. The fraction of sp³-hybridized carbons (Fsp3) is 0.205. The maximum Gasteiger partial charge on any atom is 0.335 e. The fourth-order valence-corrected chi connectivity index (χ4v) is 8.74. The molecule has 272 valence electrons. The maximum atomic E-state index is 14.4. The summed E-state index contributed by atoms with van der Waals surface area (Å²) in [6, 6.07) is 34.9. The van der Waals surface area contributed by atoms with Crippen LogP contribution in [0.3, 0.4) is 0 Å². The summed E-state index contributed by atoms with van der Waals surface area (Å²) in [5.74, 6) is -0.285. The van der Waals surface area contributed by atoms with E-state index in [9.17, 15) is 14.4 Å². The number of barbiturate groups is 1. The summed E-state index contributed by atoms with van der Waals surface area (Å²) in [5, 5.41) is 3.09. The number of halogens is 2. The Balaban J connectivity index is 1.19. The number of carbonyl (C=O) groups excluding carboxylic acids is 3. The van der Waals surface area contributed by atoms with Gasteiger partial charge in [-0.05, 0) is 118 Å². The van der Waals surface area contributed by atoms with Gasteiger partial charge in [-0.2, -0.15) is 0 Å². The first kappa shape index (κ1) is 35.9. The molecule has 2 atom stereocenters. The van der Waals surface area contributed by atoms with Crippen molar-refractivity contribution < 1.29 is 23.9 Å². The molecular formula is C44H37ClIN3O5. The van der Waals surface area contributed by atoms with Gasteiger partial charge in [0.25, 0.3) is 11.8 Å². The van der Waals surface area contributed by atoms with Gasteiger partial charge in [-0.15, -0.1) is 0 Å². The zero-order valence-corrected chi connectivity index (χ0v) is 32.5. The van der Waals surface area contributed by atoms with Crippen molar-refractivity contribution in [2.75, 3.05) is 29.5 Å². The molecule has 0 aliphatic carbocycles. The van der Waals surface area contributed by atoms with E-state index in [1.165, 1.54) is 22.9 Å². The summed E-state index contributed by atoms with van der Waals surface area (Å²) in [6.07, 6.45) is 3.31. The first-order valence-electron chi connectivity index (χ1n) is 18.1. The number of hydrogen-bond donors (Lipinski definition) is 1. The Morgan fingerprint density at radius 2 is 1.43 bits per heavy atom. The van der Waals surface area contributed by atoms with Gasteiger partial charge in [-0.3, -0.25) is 14.9 Å². The Labute approximate surface area is 332 Å². The zero-order valence-electron chi connectivity index (χ0n) is 29.6. The quantitative estimate of drug-likeness (QED) is 0.0904. The van der Waals surface area contributed by atoms with E-state index >= 15 is 0 Å². The van der Waals surface area contributed by atoms with E-state index in [1.807, 2.05) is 85.8 Å². The second-order valence-corrected chi connectivity index (χ2v) is 15.2. The number of nitrogens with zero attached hydrogens (tertiary/aromatic N) is 2. The number of imide groups is 2. The van der Waals surface area contributed by atoms with Crippen molar-refractivity contribution in [2.45, 2.75) is 38.2 Å². The van der Waals surface area contributed by atoms with Gasteiger partial charge >= 0.3 is 6.03 Å². The maximum absolute atomic E-state index is 14.4. The zero-order chi connectivity index (χ0) is 37.3. The minimum absolute atomic E-state index is 0.0739. The third-order valence-electron chi connectivity index (χ3n) is 10.3. The number of hydrogen-bond acceptors (Lipinski definition) is 6. The predicted octanol–water partition coefficient (Wildman–Crippen LogP) is 9.47. The number of carbonyl (C=O) groups is 3. The predicted molar refractivity (Wildman–Crippen MR) is 220 cm³/mol. The highest BCUT2D eigenvalue weighted by atomic mass is 127. The van der Waals surface area contributed by atoms with Crippen LogP contribution in [0, 0.1) is 3.57 Å². The molecule has 3 aliphatic rings. The van der Waals surface area contributed by atoms with E-state index in [4.69, 9.17) is 21.1 Å². The van der Waals surface area contributed by atoms with Crippen molar-refractivity contribution in [2.24, 2.45) is 0 Å². The molecule has 8 rings (SSSR count). The lowest BCUT2D eigenvalue weighted by Gasteiger charge is -2.44. The van der Waals surface area contributed by atoms with Gasteiger partial charge in [0.1, 0.15) is 12.2 Å². The third kappa shape index (κ3) is 6.98. The minimum Gasteiger partial charge on any atom is -0.490 e. The van der Waals surface area contributed by atoms with Crippen LogP contribution in [-0.2, 0) is 16.2 Å². The largest absolute Gasteiger partial charge is 0.490 e. The van der Waals surface area contributed by atoms with Crippen LogP contribution in [0.4, 0.5) is 16.2 Å². The molecule has 0 bridgehead atoms. The Morgan fingerprint density at radius 3 is 2.02 bits per heavy atom. The second-order valence-electron chi connectivity index (χ2n) is 13.6. The SMILES string of the molecule is CCOc1cc(/C=C2\C(=O)NC(=O)N(c3cc4c5c(c3)[C@H](c3ccccc3)CCN5CC[C@H]4c3ccccc3)C2=O)cc(I)c1OCc1ccc(Cl)cc1. The second kappa shape index (κ2) is 15.3. The van der Waals surface area contributed by atoms with Crippen molar-refractivity contribution in [3.05, 3.63) is 157 Å². The molecule has 1 saturated heterocycles. The highest BCUT2D eigenvalue weighted by Gasteiger charge is 2.40. The Morgan fingerprint density at radius 1 is 0.815 bits per heavy atom. The van der Waals surface area contributed by atoms with Crippen molar-refractivity contribution in [3.63, 3.8) is 0 Å². The molecule has 1 N–H and O–H groups in total.